The highest BCUT2D eigenvalue weighted by Gasteiger charge is 2.09. The van der Waals surface area contributed by atoms with Crippen molar-refractivity contribution in [2.45, 2.75) is 25.8 Å². The summed E-state index contributed by atoms with van der Waals surface area (Å²) in [6, 6.07) is 7.28. The van der Waals surface area contributed by atoms with Crippen molar-refractivity contribution in [1.82, 2.24) is 4.90 Å². The SMILES string of the molecule is CN(Cc1ccc(Cl)cc1)C(=O)CCCC(=O)O. The van der Waals surface area contributed by atoms with Crippen molar-refractivity contribution >= 4 is 23.5 Å². The van der Waals surface area contributed by atoms with Crippen molar-refractivity contribution in [3.05, 3.63) is 34.9 Å². The van der Waals surface area contributed by atoms with Crippen LogP contribution in [0.5, 0.6) is 0 Å². The van der Waals surface area contributed by atoms with E-state index in [1.54, 1.807) is 24.1 Å². The summed E-state index contributed by atoms with van der Waals surface area (Å²) >= 11 is 5.77. The van der Waals surface area contributed by atoms with Gasteiger partial charge in [-0.25, -0.2) is 0 Å². The fraction of sp³-hybridized carbons (Fsp3) is 0.385. The highest BCUT2D eigenvalue weighted by atomic mass is 35.5. The van der Waals surface area contributed by atoms with Crippen LogP contribution in [0.25, 0.3) is 0 Å². The lowest BCUT2D eigenvalue weighted by atomic mass is 10.2. The summed E-state index contributed by atoms with van der Waals surface area (Å²) in [4.78, 5) is 23.6. The molecule has 0 spiro atoms. The first-order chi connectivity index (χ1) is 8.49. The molecule has 4 nitrogen and oxygen atoms in total. The molecule has 0 heterocycles. The monoisotopic (exact) mass is 269 g/mol. The van der Waals surface area contributed by atoms with E-state index in [9.17, 15) is 9.59 Å². The highest BCUT2D eigenvalue weighted by Crippen LogP contribution is 2.11. The topological polar surface area (TPSA) is 57.6 Å². The van der Waals surface area contributed by atoms with Crippen molar-refractivity contribution in [2.24, 2.45) is 0 Å². The normalized spacial score (nSPS) is 10.1. The van der Waals surface area contributed by atoms with Gasteiger partial charge in [-0.2, -0.15) is 0 Å². The lowest BCUT2D eigenvalue weighted by Crippen LogP contribution is -2.25. The maximum Gasteiger partial charge on any atom is 0.303 e. The first-order valence-corrected chi connectivity index (χ1v) is 6.07. The number of benzene rings is 1. The van der Waals surface area contributed by atoms with Crippen LogP contribution in [0, 0.1) is 0 Å². The number of halogens is 1. The van der Waals surface area contributed by atoms with Gasteiger partial charge in [0, 0.05) is 31.5 Å². The Hall–Kier alpha value is -1.55. The van der Waals surface area contributed by atoms with Crippen molar-refractivity contribution in [2.75, 3.05) is 7.05 Å². The first kappa shape index (κ1) is 14.5. The standard InChI is InChI=1S/C13H16ClNO3/c1-15(12(16)3-2-4-13(17)18)9-10-5-7-11(14)8-6-10/h5-8H,2-4,9H2,1H3,(H,17,18). The molecule has 0 fully saturated rings. The lowest BCUT2D eigenvalue weighted by molar-refractivity contribution is -0.137. The number of aliphatic carboxylic acids is 1. The molecule has 0 saturated heterocycles. The molecular weight excluding hydrogens is 254 g/mol. The van der Waals surface area contributed by atoms with Crippen molar-refractivity contribution in [3.8, 4) is 0 Å². The van der Waals surface area contributed by atoms with Crippen molar-refractivity contribution < 1.29 is 14.7 Å². The number of hydrogen-bond donors (Lipinski definition) is 1. The van der Waals surface area contributed by atoms with Gasteiger partial charge in [-0.1, -0.05) is 23.7 Å². The Morgan fingerprint density at radius 1 is 1.22 bits per heavy atom. The van der Waals surface area contributed by atoms with Crippen LogP contribution in [-0.4, -0.2) is 28.9 Å². The minimum atomic E-state index is -0.872. The van der Waals surface area contributed by atoms with Gasteiger partial charge in [-0.15, -0.1) is 0 Å². The van der Waals surface area contributed by atoms with Gasteiger partial charge in [0.05, 0.1) is 0 Å². The van der Waals surface area contributed by atoms with Crippen LogP contribution in [0.3, 0.4) is 0 Å². The number of nitrogens with zero attached hydrogens (tertiary/aromatic N) is 1. The van der Waals surface area contributed by atoms with E-state index in [2.05, 4.69) is 0 Å². The average molecular weight is 270 g/mol. The molecule has 0 saturated carbocycles. The van der Waals surface area contributed by atoms with E-state index < -0.39 is 5.97 Å². The third-order valence-electron chi connectivity index (χ3n) is 2.54. The quantitative estimate of drug-likeness (QED) is 0.863. The minimum Gasteiger partial charge on any atom is -0.481 e. The Balaban J connectivity index is 2.39. The Kier molecular flexibility index (Phi) is 5.65. The molecule has 98 valence electrons. The van der Waals surface area contributed by atoms with Gasteiger partial charge in [-0.05, 0) is 24.1 Å². The molecule has 1 amide bonds. The predicted molar refractivity (Wildman–Crippen MR) is 69.4 cm³/mol. The molecular formula is C13H16ClNO3. The number of carboxylic acid groups (broad SMARTS) is 1. The van der Waals surface area contributed by atoms with Crippen LogP contribution in [0.15, 0.2) is 24.3 Å². The first-order valence-electron chi connectivity index (χ1n) is 5.69. The van der Waals surface area contributed by atoms with Crippen LogP contribution in [0.2, 0.25) is 5.02 Å². The summed E-state index contributed by atoms with van der Waals surface area (Å²) in [5.41, 5.74) is 0.994. The molecule has 5 heteroatoms. The van der Waals surface area contributed by atoms with Crippen molar-refractivity contribution in [1.29, 1.82) is 0 Å². The van der Waals surface area contributed by atoms with Gasteiger partial charge in [0.1, 0.15) is 0 Å². The second kappa shape index (κ2) is 7.01. The number of carboxylic acids is 1. The Bertz CT molecular complexity index is 417. The molecule has 0 aliphatic carbocycles. The Morgan fingerprint density at radius 3 is 2.39 bits per heavy atom. The molecule has 0 atom stereocenters. The summed E-state index contributed by atoms with van der Waals surface area (Å²) < 4.78 is 0. The van der Waals surface area contributed by atoms with Gasteiger partial charge in [0.15, 0.2) is 0 Å². The van der Waals surface area contributed by atoms with E-state index >= 15 is 0 Å². The number of carbonyl (C=O) groups is 2. The fourth-order valence-corrected chi connectivity index (χ4v) is 1.66. The van der Waals surface area contributed by atoms with Crippen LogP contribution in [0.4, 0.5) is 0 Å². The van der Waals surface area contributed by atoms with Gasteiger partial charge in [-0.3, -0.25) is 9.59 Å². The zero-order valence-electron chi connectivity index (χ0n) is 10.2. The number of amides is 1. The van der Waals surface area contributed by atoms with Crippen LogP contribution < -0.4 is 0 Å². The fourth-order valence-electron chi connectivity index (χ4n) is 1.53. The number of carbonyl (C=O) groups excluding carboxylic acids is 1. The van der Waals surface area contributed by atoms with Gasteiger partial charge < -0.3 is 10.0 Å². The summed E-state index contributed by atoms with van der Waals surface area (Å²) in [6.45, 7) is 0.503. The third-order valence-corrected chi connectivity index (χ3v) is 2.79. The van der Waals surface area contributed by atoms with Crippen molar-refractivity contribution in [3.63, 3.8) is 0 Å². The second-order valence-corrected chi connectivity index (χ2v) is 4.56. The summed E-state index contributed by atoms with van der Waals surface area (Å²) in [5.74, 6) is -0.922. The van der Waals surface area contributed by atoms with E-state index in [4.69, 9.17) is 16.7 Å². The Labute approximate surface area is 111 Å². The van der Waals surface area contributed by atoms with Crippen LogP contribution in [0.1, 0.15) is 24.8 Å². The van der Waals surface area contributed by atoms with E-state index in [1.807, 2.05) is 12.1 Å². The summed E-state index contributed by atoms with van der Waals surface area (Å²) in [5, 5.41) is 9.15. The lowest BCUT2D eigenvalue weighted by Gasteiger charge is -2.17. The molecule has 0 aliphatic heterocycles. The second-order valence-electron chi connectivity index (χ2n) is 4.12. The molecule has 0 radical (unpaired) electrons. The molecule has 1 aromatic rings. The molecule has 0 bridgehead atoms. The van der Waals surface area contributed by atoms with Gasteiger partial charge >= 0.3 is 5.97 Å². The molecule has 1 rings (SSSR count). The van der Waals surface area contributed by atoms with Crippen LogP contribution in [-0.2, 0) is 16.1 Å². The van der Waals surface area contributed by atoms with Crippen LogP contribution >= 0.6 is 11.6 Å². The van der Waals surface area contributed by atoms with Gasteiger partial charge in [0.25, 0.3) is 0 Å². The molecule has 0 unspecified atom stereocenters. The van der Waals surface area contributed by atoms with E-state index in [1.165, 1.54) is 0 Å². The molecule has 1 aromatic carbocycles. The maximum absolute atomic E-state index is 11.7. The summed E-state index contributed by atoms with van der Waals surface area (Å²) in [6.07, 6.45) is 0.663. The minimum absolute atomic E-state index is 0.0283. The highest BCUT2D eigenvalue weighted by molar-refractivity contribution is 6.30. The maximum atomic E-state index is 11.7. The molecule has 0 aromatic heterocycles. The zero-order chi connectivity index (χ0) is 13.5. The zero-order valence-corrected chi connectivity index (χ0v) is 11.0. The van der Waals surface area contributed by atoms with E-state index in [-0.39, 0.29) is 18.7 Å². The molecule has 18 heavy (non-hydrogen) atoms. The number of rotatable bonds is 6. The number of hydrogen-bond acceptors (Lipinski definition) is 2. The predicted octanol–water partition coefficient (Wildman–Crippen LogP) is 2.55. The molecule has 0 aliphatic rings. The Morgan fingerprint density at radius 2 is 1.83 bits per heavy atom. The van der Waals surface area contributed by atoms with Gasteiger partial charge in [0.2, 0.25) is 5.91 Å². The largest absolute Gasteiger partial charge is 0.481 e. The third kappa shape index (κ3) is 5.19. The van der Waals surface area contributed by atoms with E-state index in [0.717, 1.165) is 5.56 Å². The smallest absolute Gasteiger partial charge is 0.303 e. The molecule has 1 N–H and O–H groups in total. The average Bonchev–Trinajstić information content (AvgIpc) is 2.31. The van der Waals surface area contributed by atoms with E-state index in [0.29, 0.717) is 18.0 Å². The summed E-state index contributed by atoms with van der Waals surface area (Å²) in [7, 11) is 1.71.